The number of hydrogen-bond acceptors (Lipinski definition) is 5. The average molecular weight is 376 g/mol. The summed E-state index contributed by atoms with van der Waals surface area (Å²) in [7, 11) is -2.56. The second-order valence-corrected chi connectivity index (χ2v) is 7.49. The van der Waals surface area contributed by atoms with Crippen molar-refractivity contribution in [3.8, 4) is 0 Å². The summed E-state index contributed by atoms with van der Waals surface area (Å²) in [6, 6.07) is 11.1. The van der Waals surface area contributed by atoms with E-state index in [1.807, 2.05) is 19.9 Å². The molecule has 0 spiro atoms. The van der Waals surface area contributed by atoms with E-state index in [1.54, 1.807) is 12.1 Å². The number of sulfonamides is 1. The molecule has 0 aliphatic heterocycles. The monoisotopic (exact) mass is 376 g/mol. The number of benzene rings is 2. The number of carbonyl (C=O) groups excluding carboxylic acids is 2. The summed E-state index contributed by atoms with van der Waals surface area (Å²) in [5.74, 6) is -1.19. The summed E-state index contributed by atoms with van der Waals surface area (Å²) in [4.78, 5) is 22.7. The summed E-state index contributed by atoms with van der Waals surface area (Å²) < 4.78 is 31.9. The highest BCUT2D eigenvalue weighted by molar-refractivity contribution is 7.92. The van der Waals surface area contributed by atoms with E-state index >= 15 is 0 Å². The quantitative estimate of drug-likeness (QED) is 0.596. The topological polar surface area (TPSA) is 102 Å². The summed E-state index contributed by atoms with van der Waals surface area (Å²) in [5.41, 5.74) is 2.76. The molecule has 0 aromatic heterocycles. The molecule has 26 heavy (non-hydrogen) atoms. The van der Waals surface area contributed by atoms with E-state index in [2.05, 4.69) is 14.8 Å². The number of aryl methyl sites for hydroxylation is 2. The van der Waals surface area contributed by atoms with Gasteiger partial charge in [-0.1, -0.05) is 6.07 Å². The standard InChI is InChI=1S/C18H20N2O5S/c1-12-8-13(2)10-15(9-12)20-26(23,24)16-6-4-14(5-7-16)19-17(21)11-18(22)25-3/h4-10,20H,11H2,1-3H3,(H,19,21). The van der Waals surface area contributed by atoms with E-state index in [-0.39, 0.29) is 4.90 Å². The van der Waals surface area contributed by atoms with Crippen molar-refractivity contribution in [1.82, 2.24) is 0 Å². The second kappa shape index (κ2) is 8.01. The van der Waals surface area contributed by atoms with E-state index in [1.165, 1.54) is 31.4 Å². The molecule has 1 amide bonds. The van der Waals surface area contributed by atoms with Crippen LogP contribution in [0.3, 0.4) is 0 Å². The summed E-state index contributed by atoms with van der Waals surface area (Å²) in [6.45, 7) is 3.77. The number of methoxy groups -OCH3 is 1. The molecule has 0 aliphatic rings. The number of hydrogen-bond donors (Lipinski definition) is 2. The molecular formula is C18H20N2O5S. The minimum Gasteiger partial charge on any atom is -0.469 e. The first-order valence-corrected chi connectivity index (χ1v) is 9.26. The average Bonchev–Trinajstić information content (AvgIpc) is 2.53. The third kappa shape index (κ3) is 5.32. The van der Waals surface area contributed by atoms with Crippen LogP contribution in [0.1, 0.15) is 17.5 Å². The van der Waals surface area contributed by atoms with Crippen LogP contribution in [0.5, 0.6) is 0 Å². The van der Waals surface area contributed by atoms with Gasteiger partial charge in [0.25, 0.3) is 10.0 Å². The van der Waals surface area contributed by atoms with Crippen molar-refractivity contribution >= 4 is 33.3 Å². The first-order chi connectivity index (χ1) is 12.2. The molecular weight excluding hydrogens is 356 g/mol. The number of anilines is 2. The number of nitrogens with one attached hydrogen (secondary N) is 2. The SMILES string of the molecule is COC(=O)CC(=O)Nc1ccc(S(=O)(=O)Nc2cc(C)cc(C)c2)cc1. The Kier molecular flexibility index (Phi) is 5.99. The van der Waals surface area contributed by atoms with Crippen LogP contribution < -0.4 is 10.0 Å². The largest absolute Gasteiger partial charge is 0.469 e. The molecule has 0 saturated heterocycles. The zero-order chi connectivity index (χ0) is 19.3. The Labute approximate surface area is 152 Å². The van der Waals surface area contributed by atoms with Crippen molar-refractivity contribution in [3.63, 3.8) is 0 Å². The Hall–Kier alpha value is -2.87. The first-order valence-electron chi connectivity index (χ1n) is 7.77. The lowest BCUT2D eigenvalue weighted by Crippen LogP contribution is -2.17. The molecule has 0 unspecified atom stereocenters. The van der Waals surface area contributed by atoms with Gasteiger partial charge in [-0.3, -0.25) is 14.3 Å². The predicted octanol–water partition coefficient (Wildman–Crippen LogP) is 2.61. The van der Waals surface area contributed by atoms with Gasteiger partial charge in [0, 0.05) is 11.4 Å². The fraction of sp³-hybridized carbons (Fsp3) is 0.222. The number of amides is 1. The Balaban J connectivity index is 2.11. The Morgan fingerprint density at radius 3 is 2.08 bits per heavy atom. The van der Waals surface area contributed by atoms with E-state index in [0.29, 0.717) is 11.4 Å². The van der Waals surface area contributed by atoms with E-state index < -0.39 is 28.3 Å². The van der Waals surface area contributed by atoms with Crippen molar-refractivity contribution < 1.29 is 22.7 Å². The van der Waals surface area contributed by atoms with Gasteiger partial charge in [-0.15, -0.1) is 0 Å². The molecule has 2 aromatic carbocycles. The van der Waals surface area contributed by atoms with Crippen LogP contribution in [0.15, 0.2) is 47.4 Å². The van der Waals surface area contributed by atoms with Crippen LogP contribution in [0.25, 0.3) is 0 Å². The summed E-state index contributed by atoms with van der Waals surface area (Å²) >= 11 is 0. The minimum atomic E-state index is -3.75. The first kappa shape index (κ1) is 19.5. The van der Waals surface area contributed by atoms with Crippen LogP contribution in [-0.4, -0.2) is 27.4 Å². The molecule has 138 valence electrons. The third-order valence-corrected chi connectivity index (χ3v) is 4.85. The molecule has 0 fully saturated rings. The zero-order valence-corrected chi connectivity index (χ0v) is 15.5. The van der Waals surface area contributed by atoms with Gasteiger partial charge in [0.1, 0.15) is 6.42 Å². The second-order valence-electron chi connectivity index (χ2n) is 5.81. The van der Waals surface area contributed by atoms with Gasteiger partial charge in [0.05, 0.1) is 12.0 Å². The molecule has 2 N–H and O–H groups in total. The van der Waals surface area contributed by atoms with Crippen LogP contribution in [-0.2, 0) is 24.3 Å². The fourth-order valence-corrected chi connectivity index (χ4v) is 3.41. The lowest BCUT2D eigenvalue weighted by Gasteiger charge is -2.11. The third-order valence-electron chi connectivity index (χ3n) is 3.45. The van der Waals surface area contributed by atoms with Gasteiger partial charge in [0.15, 0.2) is 0 Å². The molecule has 0 radical (unpaired) electrons. The summed E-state index contributed by atoms with van der Waals surface area (Å²) in [5, 5.41) is 2.50. The Morgan fingerprint density at radius 1 is 0.962 bits per heavy atom. The van der Waals surface area contributed by atoms with Crippen LogP contribution >= 0.6 is 0 Å². The molecule has 2 aromatic rings. The van der Waals surface area contributed by atoms with Gasteiger partial charge < -0.3 is 10.1 Å². The maximum atomic E-state index is 12.5. The molecule has 7 nitrogen and oxygen atoms in total. The van der Waals surface area contributed by atoms with Gasteiger partial charge >= 0.3 is 5.97 Å². The molecule has 0 atom stereocenters. The van der Waals surface area contributed by atoms with Gasteiger partial charge in [-0.25, -0.2) is 8.42 Å². The smallest absolute Gasteiger partial charge is 0.315 e. The maximum absolute atomic E-state index is 12.5. The number of rotatable bonds is 6. The van der Waals surface area contributed by atoms with E-state index in [4.69, 9.17) is 0 Å². The molecule has 0 saturated carbocycles. The maximum Gasteiger partial charge on any atom is 0.315 e. The highest BCUT2D eigenvalue weighted by Crippen LogP contribution is 2.20. The minimum absolute atomic E-state index is 0.0580. The predicted molar refractivity (Wildman–Crippen MR) is 98.4 cm³/mol. The van der Waals surface area contributed by atoms with Crippen molar-refractivity contribution in [1.29, 1.82) is 0 Å². The highest BCUT2D eigenvalue weighted by atomic mass is 32.2. The molecule has 0 heterocycles. The fourth-order valence-electron chi connectivity index (χ4n) is 2.37. The lowest BCUT2D eigenvalue weighted by atomic mass is 10.1. The molecule has 0 bridgehead atoms. The molecule has 0 aliphatic carbocycles. The normalized spacial score (nSPS) is 10.9. The number of carbonyl (C=O) groups is 2. The number of esters is 1. The van der Waals surface area contributed by atoms with Gasteiger partial charge in [-0.2, -0.15) is 0 Å². The lowest BCUT2D eigenvalue weighted by molar-refractivity contribution is -0.142. The summed E-state index contributed by atoms with van der Waals surface area (Å²) in [6.07, 6.45) is -0.412. The Bertz CT molecular complexity index is 901. The van der Waals surface area contributed by atoms with Crippen LogP contribution in [0, 0.1) is 13.8 Å². The zero-order valence-electron chi connectivity index (χ0n) is 14.7. The number of ether oxygens (including phenoxy) is 1. The highest BCUT2D eigenvalue weighted by Gasteiger charge is 2.15. The van der Waals surface area contributed by atoms with Crippen molar-refractivity contribution in [3.05, 3.63) is 53.6 Å². The Morgan fingerprint density at radius 2 is 1.54 bits per heavy atom. The van der Waals surface area contributed by atoms with Crippen molar-refractivity contribution in [2.75, 3.05) is 17.1 Å². The van der Waals surface area contributed by atoms with Crippen LogP contribution in [0.4, 0.5) is 11.4 Å². The van der Waals surface area contributed by atoms with Gasteiger partial charge in [-0.05, 0) is 61.4 Å². The van der Waals surface area contributed by atoms with Crippen LogP contribution in [0.2, 0.25) is 0 Å². The van der Waals surface area contributed by atoms with E-state index in [0.717, 1.165) is 11.1 Å². The van der Waals surface area contributed by atoms with E-state index in [9.17, 15) is 18.0 Å². The van der Waals surface area contributed by atoms with Crippen molar-refractivity contribution in [2.24, 2.45) is 0 Å². The van der Waals surface area contributed by atoms with Crippen molar-refractivity contribution in [2.45, 2.75) is 25.2 Å². The molecule has 8 heteroatoms. The van der Waals surface area contributed by atoms with Gasteiger partial charge in [0.2, 0.25) is 5.91 Å². The molecule has 2 rings (SSSR count).